The Morgan fingerprint density at radius 3 is 2.50 bits per heavy atom. The maximum absolute atomic E-state index is 9.63. The van der Waals surface area contributed by atoms with Gasteiger partial charge in [0.15, 0.2) is 0 Å². The van der Waals surface area contributed by atoms with Crippen LogP contribution in [0.1, 0.15) is 25.8 Å². The first-order chi connectivity index (χ1) is 12.6. The zero-order chi connectivity index (χ0) is 17.9. The fourth-order valence-electron chi connectivity index (χ4n) is 6.38. The van der Waals surface area contributed by atoms with Crippen LogP contribution in [0.25, 0.3) is 0 Å². The number of hydrogen-bond acceptors (Lipinski definition) is 3. The molecule has 2 aliphatic heterocycles. The van der Waals surface area contributed by atoms with Gasteiger partial charge in [0.1, 0.15) is 5.75 Å². The van der Waals surface area contributed by atoms with Crippen molar-refractivity contribution in [2.24, 2.45) is 17.8 Å². The molecule has 3 nitrogen and oxygen atoms in total. The van der Waals surface area contributed by atoms with E-state index in [-0.39, 0.29) is 0 Å². The van der Waals surface area contributed by atoms with E-state index >= 15 is 0 Å². The first-order valence-electron chi connectivity index (χ1n) is 9.91. The van der Waals surface area contributed by atoms with Gasteiger partial charge in [-0.05, 0) is 60.9 Å². The summed E-state index contributed by atoms with van der Waals surface area (Å²) in [5, 5.41) is 9.63. The van der Waals surface area contributed by atoms with Crippen molar-refractivity contribution in [3.8, 4) is 5.75 Å². The molecule has 0 spiro atoms. The monoisotopic (exact) mass is 348 g/mol. The molecule has 5 rings (SSSR count). The number of nitrogens with zero attached hydrogens (tertiary/aromatic N) is 2. The van der Waals surface area contributed by atoms with Crippen molar-refractivity contribution in [2.45, 2.75) is 38.4 Å². The summed E-state index contributed by atoms with van der Waals surface area (Å²) in [6, 6.07) is 19.3. The number of hydrogen-bond donors (Lipinski definition) is 1. The van der Waals surface area contributed by atoms with E-state index in [2.05, 4.69) is 66.1 Å². The van der Waals surface area contributed by atoms with Gasteiger partial charge in [-0.1, -0.05) is 37.3 Å². The van der Waals surface area contributed by atoms with Crippen LogP contribution in [0, 0.1) is 17.8 Å². The Balaban J connectivity index is 1.43. The molecule has 2 aromatic carbocycles. The minimum atomic E-state index is 0.302. The second kappa shape index (κ2) is 5.75. The molecule has 1 saturated carbocycles. The van der Waals surface area contributed by atoms with Gasteiger partial charge in [-0.2, -0.15) is 0 Å². The molecule has 5 atom stereocenters. The third kappa shape index (κ3) is 2.30. The summed E-state index contributed by atoms with van der Waals surface area (Å²) in [6.45, 7) is 8.39. The average Bonchev–Trinajstić information content (AvgIpc) is 3.00. The van der Waals surface area contributed by atoms with Gasteiger partial charge in [0.25, 0.3) is 0 Å². The largest absolute Gasteiger partial charge is 0.508 e. The maximum Gasteiger partial charge on any atom is 0.115 e. The summed E-state index contributed by atoms with van der Waals surface area (Å²) < 4.78 is 0. The number of benzene rings is 2. The molecule has 136 valence electrons. The molecule has 26 heavy (non-hydrogen) atoms. The molecule has 2 heterocycles. The van der Waals surface area contributed by atoms with E-state index in [0.29, 0.717) is 23.2 Å². The third-order valence-corrected chi connectivity index (χ3v) is 7.43. The molecule has 1 aliphatic carbocycles. The van der Waals surface area contributed by atoms with Crippen LogP contribution in [0.15, 0.2) is 54.6 Å². The van der Waals surface area contributed by atoms with Gasteiger partial charge in [0.05, 0.1) is 0 Å². The van der Waals surface area contributed by atoms with E-state index in [1.165, 1.54) is 24.2 Å². The number of anilines is 1. The highest BCUT2D eigenvalue weighted by atomic mass is 16.3. The van der Waals surface area contributed by atoms with E-state index in [4.69, 9.17) is 0 Å². The second-order valence-corrected chi connectivity index (χ2v) is 8.81. The summed E-state index contributed by atoms with van der Waals surface area (Å²) in [5.74, 6) is 2.59. The second-order valence-electron chi connectivity index (χ2n) is 8.81. The van der Waals surface area contributed by atoms with E-state index in [9.17, 15) is 5.11 Å². The predicted octanol–water partition coefficient (Wildman–Crippen LogP) is 4.13. The standard InChI is InChI=1S/C23H28N2O/c1-16-21-12-23(2)22(16)18(14-24(23)13-17-6-4-3-5-7-17)15-25(21)19-8-10-20(26)11-9-19/h3-11,16,18,21-22,26H,12-15H2,1-2H3/t16-,18?,21?,22-,23?/m1/s1. The number of piperidine rings is 1. The van der Waals surface area contributed by atoms with E-state index in [1.807, 2.05) is 12.1 Å². The lowest BCUT2D eigenvalue weighted by atomic mass is 9.77. The van der Waals surface area contributed by atoms with Gasteiger partial charge in [-0.3, -0.25) is 4.90 Å². The van der Waals surface area contributed by atoms with E-state index in [0.717, 1.165) is 24.9 Å². The molecule has 0 radical (unpaired) electrons. The normalized spacial score (nSPS) is 35.8. The van der Waals surface area contributed by atoms with Crippen molar-refractivity contribution in [1.82, 2.24) is 4.90 Å². The SMILES string of the molecule is C[C@@H]1C2CC3(C)[C@H]1C(CN2c1ccc(O)cc1)CN3Cc1ccccc1. The lowest BCUT2D eigenvalue weighted by molar-refractivity contribution is 0.124. The van der Waals surface area contributed by atoms with Crippen LogP contribution < -0.4 is 4.90 Å². The molecule has 2 aromatic rings. The molecule has 3 aliphatic rings. The van der Waals surface area contributed by atoms with Crippen LogP contribution in [0.5, 0.6) is 5.75 Å². The van der Waals surface area contributed by atoms with Crippen molar-refractivity contribution in [1.29, 1.82) is 0 Å². The quantitative estimate of drug-likeness (QED) is 0.903. The number of fused-ring (bicyclic) bond motifs is 1. The topological polar surface area (TPSA) is 26.7 Å². The molecule has 2 saturated heterocycles. The zero-order valence-electron chi connectivity index (χ0n) is 15.7. The summed E-state index contributed by atoms with van der Waals surface area (Å²) in [6.07, 6.45) is 1.24. The highest BCUT2D eigenvalue weighted by Gasteiger charge is 2.63. The lowest BCUT2D eigenvalue weighted by Gasteiger charge is -2.43. The summed E-state index contributed by atoms with van der Waals surface area (Å²) in [4.78, 5) is 5.39. The van der Waals surface area contributed by atoms with Crippen LogP contribution in [0.4, 0.5) is 5.69 Å². The lowest BCUT2D eigenvalue weighted by Crippen LogP contribution is -2.49. The highest BCUT2D eigenvalue weighted by molar-refractivity contribution is 5.52. The van der Waals surface area contributed by atoms with Crippen LogP contribution in [0.2, 0.25) is 0 Å². The van der Waals surface area contributed by atoms with Crippen molar-refractivity contribution in [2.75, 3.05) is 18.0 Å². The Kier molecular flexibility index (Phi) is 3.58. The number of likely N-dealkylation sites (tertiary alicyclic amines) is 1. The van der Waals surface area contributed by atoms with Crippen LogP contribution in [-0.4, -0.2) is 34.7 Å². The molecular weight excluding hydrogens is 320 g/mol. The average molecular weight is 348 g/mol. The Bertz CT molecular complexity index is 790. The molecule has 3 fully saturated rings. The first-order valence-corrected chi connectivity index (χ1v) is 9.91. The minimum absolute atomic E-state index is 0.302. The molecule has 2 bridgehead atoms. The number of aromatic hydroxyl groups is 1. The molecule has 3 unspecified atom stereocenters. The maximum atomic E-state index is 9.63. The summed E-state index contributed by atoms with van der Waals surface area (Å²) in [5.41, 5.74) is 3.00. The van der Waals surface area contributed by atoms with Crippen molar-refractivity contribution in [3.63, 3.8) is 0 Å². The first kappa shape index (κ1) is 16.2. The molecular formula is C23H28N2O. The molecule has 0 aromatic heterocycles. The van der Waals surface area contributed by atoms with Gasteiger partial charge in [-0.15, -0.1) is 0 Å². The highest BCUT2D eigenvalue weighted by Crippen LogP contribution is 2.58. The Labute approximate surface area is 156 Å². The van der Waals surface area contributed by atoms with E-state index < -0.39 is 0 Å². The van der Waals surface area contributed by atoms with Gasteiger partial charge < -0.3 is 10.0 Å². The van der Waals surface area contributed by atoms with E-state index in [1.54, 1.807) is 0 Å². The van der Waals surface area contributed by atoms with Crippen LogP contribution in [0.3, 0.4) is 0 Å². The number of phenolic OH excluding ortho intramolecular Hbond substituents is 1. The Morgan fingerprint density at radius 1 is 1.04 bits per heavy atom. The third-order valence-electron chi connectivity index (χ3n) is 7.43. The van der Waals surface area contributed by atoms with Crippen molar-refractivity contribution < 1.29 is 5.11 Å². The smallest absolute Gasteiger partial charge is 0.115 e. The number of rotatable bonds is 3. The van der Waals surface area contributed by atoms with Crippen molar-refractivity contribution >= 4 is 5.69 Å². The van der Waals surface area contributed by atoms with Gasteiger partial charge in [0, 0.05) is 36.9 Å². The van der Waals surface area contributed by atoms with Gasteiger partial charge in [0.2, 0.25) is 0 Å². The van der Waals surface area contributed by atoms with Crippen LogP contribution >= 0.6 is 0 Å². The summed E-state index contributed by atoms with van der Waals surface area (Å²) in [7, 11) is 0. The van der Waals surface area contributed by atoms with Gasteiger partial charge in [-0.25, -0.2) is 0 Å². The Hall–Kier alpha value is -2.00. The predicted molar refractivity (Wildman–Crippen MR) is 105 cm³/mol. The van der Waals surface area contributed by atoms with Crippen LogP contribution in [-0.2, 0) is 6.54 Å². The molecule has 0 amide bonds. The zero-order valence-corrected chi connectivity index (χ0v) is 15.7. The molecule has 3 heteroatoms. The fraction of sp³-hybridized carbons (Fsp3) is 0.478. The fourth-order valence-corrected chi connectivity index (χ4v) is 6.38. The number of phenols is 1. The Morgan fingerprint density at radius 2 is 1.77 bits per heavy atom. The summed E-state index contributed by atoms with van der Waals surface area (Å²) >= 11 is 0. The van der Waals surface area contributed by atoms with Gasteiger partial charge >= 0.3 is 0 Å². The van der Waals surface area contributed by atoms with Crippen molar-refractivity contribution in [3.05, 3.63) is 60.2 Å². The molecule has 1 N–H and O–H groups in total. The minimum Gasteiger partial charge on any atom is -0.508 e.